The molecule has 0 radical (unpaired) electrons. The van der Waals surface area contributed by atoms with Gasteiger partial charge in [0.15, 0.2) is 0 Å². The zero-order valence-electron chi connectivity index (χ0n) is 25.6. The highest BCUT2D eigenvalue weighted by Crippen LogP contribution is 2.31. The quantitative estimate of drug-likeness (QED) is 0.153. The molecule has 0 aromatic heterocycles. The van der Waals surface area contributed by atoms with Crippen LogP contribution in [0, 0.1) is 17.5 Å². The lowest BCUT2D eigenvalue weighted by atomic mass is 9.80. The van der Waals surface area contributed by atoms with E-state index < -0.39 is 17.5 Å². The molecule has 0 spiro atoms. The number of nitrogens with one attached hydrogen (secondary N) is 2. The smallest absolute Gasteiger partial charge is 0.404 e. The van der Waals surface area contributed by atoms with Gasteiger partial charge >= 0.3 is 12.1 Å². The first-order chi connectivity index (χ1) is 20.8. The summed E-state index contributed by atoms with van der Waals surface area (Å²) in [6.07, 6.45) is 5.41. The summed E-state index contributed by atoms with van der Waals surface area (Å²) in [5, 5.41) is 6.04. The van der Waals surface area contributed by atoms with E-state index in [2.05, 4.69) is 32.8 Å². The number of nitrogens with two attached hydrogens (primary N) is 1. The van der Waals surface area contributed by atoms with E-state index in [1.54, 1.807) is 6.21 Å². The van der Waals surface area contributed by atoms with E-state index in [9.17, 15) is 14.4 Å². The molecule has 0 aliphatic rings. The molecule has 2 amide bonds. The number of hydrogen-bond acceptors (Lipinski definition) is 8. The lowest BCUT2D eigenvalue weighted by molar-refractivity contribution is -0.147. The molecular weight excluding hydrogens is 546 g/mol. The van der Waals surface area contributed by atoms with Crippen molar-refractivity contribution in [2.75, 3.05) is 19.8 Å². The van der Waals surface area contributed by atoms with Gasteiger partial charge in [-0.15, -0.1) is 0 Å². The van der Waals surface area contributed by atoms with Crippen molar-refractivity contribution in [3.8, 4) is 0 Å². The molecule has 10 nitrogen and oxygen atoms in total. The molecule has 0 bridgehead atoms. The Kier molecular flexibility index (Phi) is 16.1. The highest BCUT2D eigenvalue weighted by atomic mass is 16.6. The summed E-state index contributed by atoms with van der Waals surface area (Å²) >= 11 is 0. The number of hydrogen-bond donors (Lipinski definition) is 3. The van der Waals surface area contributed by atoms with Crippen molar-refractivity contribution < 1.29 is 23.9 Å². The van der Waals surface area contributed by atoms with E-state index in [4.69, 9.17) is 15.2 Å². The number of carbonyl (C=O) groups is 3. The van der Waals surface area contributed by atoms with Gasteiger partial charge in [-0.3, -0.25) is 19.6 Å². The van der Waals surface area contributed by atoms with Crippen LogP contribution in [0.1, 0.15) is 75.1 Å². The molecule has 43 heavy (non-hydrogen) atoms. The van der Waals surface area contributed by atoms with Crippen molar-refractivity contribution in [3.05, 3.63) is 70.8 Å². The maximum Gasteiger partial charge on any atom is 0.404 e. The van der Waals surface area contributed by atoms with Gasteiger partial charge in [0, 0.05) is 30.5 Å². The van der Waals surface area contributed by atoms with Crippen LogP contribution in [0.3, 0.4) is 0 Å². The third kappa shape index (κ3) is 14.5. The van der Waals surface area contributed by atoms with Gasteiger partial charge in [-0.05, 0) is 67.4 Å². The fourth-order valence-electron chi connectivity index (χ4n) is 4.51. The number of ether oxygens (including phenoxy) is 2. The highest BCUT2D eigenvalue weighted by molar-refractivity contribution is 5.76. The molecule has 0 aliphatic heterocycles. The van der Waals surface area contributed by atoms with Crippen molar-refractivity contribution in [1.29, 1.82) is 0 Å². The largest absolute Gasteiger partial charge is 0.464 e. The van der Waals surface area contributed by atoms with Gasteiger partial charge in [0.1, 0.15) is 13.2 Å². The summed E-state index contributed by atoms with van der Waals surface area (Å²) in [4.78, 5) is 45.4. The number of aliphatic imine (C=N–C) groups is 2. The molecule has 0 saturated carbocycles. The van der Waals surface area contributed by atoms with Gasteiger partial charge in [-0.2, -0.15) is 0 Å². The number of rotatable bonds is 20. The van der Waals surface area contributed by atoms with Crippen LogP contribution in [0.25, 0.3) is 0 Å². The molecule has 2 rings (SSSR count). The second-order valence-electron chi connectivity index (χ2n) is 10.4. The van der Waals surface area contributed by atoms with E-state index in [1.165, 1.54) is 0 Å². The zero-order valence-corrected chi connectivity index (χ0v) is 25.6. The molecule has 0 saturated heterocycles. The van der Waals surface area contributed by atoms with Gasteiger partial charge in [-0.1, -0.05) is 56.7 Å². The minimum absolute atomic E-state index is 0.00440. The minimum atomic E-state index is -0.915. The monoisotopic (exact) mass is 591 g/mol. The fraction of sp³-hybridized carbons (Fsp3) is 0.485. The van der Waals surface area contributed by atoms with E-state index in [1.807, 2.05) is 63.4 Å². The van der Waals surface area contributed by atoms with Gasteiger partial charge in [-0.25, -0.2) is 4.79 Å². The number of carbonyl (C=O) groups excluding carboxylic acids is 3. The molecule has 2 aromatic rings. The Morgan fingerprint density at radius 1 is 1.00 bits per heavy atom. The maximum atomic E-state index is 12.8. The van der Waals surface area contributed by atoms with E-state index in [0.717, 1.165) is 35.1 Å². The van der Waals surface area contributed by atoms with Crippen molar-refractivity contribution in [3.63, 3.8) is 0 Å². The molecular formula is C33H45N5O5. The molecule has 0 fully saturated rings. The average Bonchev–Trinajstić information content (AvgIpc) is 3.00. The Bertz CT molecular complexity index is 1220. The fourth-order valence-corrected chi connectivity index (χ4v) is 4.51. The lowest BCUT2D eigenvalue weighted by Crippen LogP contribution is -2.38. The summed E-state index contributed by atoms with van der Waals surface area (Å²) < 4.78 is 10.8. The van der Waals surface area contributed by atoms with E-state index in [0.29, 0.717) is 39.0 Å². The minimum Gasteiger partial charge on any atom is -0.464 e. The second kappa shape index (κ2) is 19.8. The standard InChI is InChI=1S/C33H45N5O5/c1-4-14-33(25-43-32(34)41,15-13-30(39)38-22-29-12-8-9-26(18-29)19-35-6-3)24-42-31(40)23-37-21-28-11-7-10-27(17-28)20-36-16-5-2/h6,8-9,11-12,16-18,37H,4-5,13-15,19-25H2,1-3H3,(H2,34,41)(H,38,39). The van der Waals surface area contributed by atoms with Crippen LogP contribution in [0.2, 0.25) is 0 Å². The maximum absolute atomic E-state index is 12.8. The summed E-state index contributed by atoms with van der Waals surface area (Å²) in [7, 11) is 0. The number of amides is 2. The van der Waals surface area contributed by atoms with Gasteiger partial charge in [0.2, 0.25) is 5.91 Å². The Morgan fingerprint density at radius 2 is 1.79 bits per heavy atom. The summed E-state index contributed by atoms with van der Waals surface area (Å²) in [5.41, 5.74) is 8.42. The normalized spacial score (nSPS) is 12.5. The van der Waals surface area contributed by atoms with Crippen LogP contribution in [0.15, 0.2) is 46.4 Å². The molecule has 1 atom stereocenters. The molecule has 2 aromatic carbocycles. The Morgan fingerprint density at radius 3 is 2.53 bits per heavy atom. The second-order valence-corrected chi connectivity index (χ2v) is 10.4. The average molecular weight is 592 g/mol. The summed E-state index contributed by atoms with van der Waals surface area (Å²) in [6.45, 7) is 7.77. The van der Waals surface area contributed by atoms with Crippen molar-refractivity contribution in [2.24, 2.45) is 21.1 Å². The first kappa shape index (κ1) is 35.0. The predicted octanol–water partition coefficient (Wildman–Crippen LogP) is 4.47. The van der Waals surface area contributed by atoms with Crippen molar-refractivity contribution in [1.82, 2.24) is 10.6 Å². The summed E-state index contributed by atoms with van der Waals surface area (Å²) in [6, 6.07) is 17.7. The van der Waals surface area contributed by atoms with Crippen LogP contribution in [0.5, 0.6) is 0 Å². The van der Waals surface area contributed by atoms with E-state index in [-0.39, 0.29) is 32.1 Å². The first-order valence-electron chi connectivity index (χ1n) is 14.8. The van der Waals surface area contributed by atoms with Crippen LogP contribution < -0.4 is 16.4 Å². The number of primary amides is 1. The van der Waals surface area contributed by atoms with Crippen LogP contribution in [-0.2, 0) is 45.2 Å². The predicted molar refractivity (Wildman–Crippen MR) is 168 cm³/mol. The van der Waals surface area contributed by atoms with Crippen molar-refractivity contribution in [2.45, 2.75) is 79.1 Å². The number of nitrogens with zero attached hydrogens (tertiary/aromatic N) is 2. The molecule has 10 heteroatoms. The molecule has 0 aliphatic carbocycles. The third-order valence-corrected chi connectivity index (χ3v) is 6.68. The van der Waals surface area contributed by atoms with Crippen LogP contribution >= 0.6 is 0 Å². The Labute approximate surface area is 255 Å². The SMILES string of the molecule is CC=NCc1cccc(CNC(=O)CCC(CCC)(COC(N)=O)COC(=O)CNCc2cc#cc(CN=CCC)c2)c1. The Balaban J connectivity index is 1.91. The molecule has 0 heterocycles. The third-order valence-electron chi connectivity index (χ3n) is 6.68. The molecule has 1 unspecified atom stereocenters. The number of benzene rings is 1. The number of esters is 1. The van der Waals surface area contributed by atoms with Crippen molar-refractivity contribution >= 4 is 30.4 Å². The van der Waals surface area contributed by atoms with Gasteiger partial charge < -0.3 is 25.8 Å². The topological polar surface area (TPSA) is 144 Å². The van der Waals surface area contributed by atoms with Gasteiger partial charge in [0.25, 0.3) is 0 Å². The molecule has 232 valence electrons. The lowest BCUT2D eigenvalue weighted by Gasteiger charge is -2.32. The van der Waals surface area contributed by atoms with Gasteiger partial charge in [0.05, 0.1) is 19.6 Å². The van der Waals surface area contributed by atoms with Crippen LogP contribution in [0.4, 0.5) is 4.79 Å². The highest BCUT2D eigenvalue weighted by Gasteiger charge is 2.33. The first-order valence-corrected chi connectivity index (χ1v) is 14.8. The summed E-state index contributed by atoms with van der Waals surface area (Å²) in [5.74, 6) is -0.600. The molecule has 4 N–H and O–H groups in total. The van der Waals surface area contributed by atoms with Crippen LogP contribution in [-0.4, -0.2) is 50.2 Å². The zero-order chi connectivity index (χ0) is 31.3. The van der Waals surface area contributed by atoms with E-state index >= 15 is 0 Å². The Hall–Kier alpha value is -4.23.